The normalized spacial score (nSPS) is 12.6. The maximum Gasteiger partial charge on any atom is 0.213 e. The summed E-state index contributed by atoms with van der Waals surface area (Å²) in [5.74, 6) is 0. The summed E-state index contributed by atoms with van der Waals surface area (Å²) in [6, 6.07) is -0.292. The lowest BCUT2D eigenvalue weighted by molar-refractivity contribution is -0.524. The van der Waals surface area contributed by atoms with E-state index in [0.717, 1.165) is 25.7 Å². The van der Waals surface area contributed by atoms with Crippen molar-refractivity contribution in [2.24, 2.45) is 0 Å². The Bertz CT molecular complexity index is 195. The molecule has 0 spiro atoms. The number of nitro groups is 1. The highest BCUT2D eigenvalue weighted by Crippen LogP contribution is 2.14. The molecular formula is C15H31NO2. The van der Waals surface area contributed by atoms with Crippen molar-refractivity contribution in [2.45, 2.75) is 96.9 Å². The van der Waals surface area contributed by atoms with Crippen LogP contribution in [-0.4, -0.2) is 11.0 Å². The van der Waals surface area contributed by atoms with Crippen LogP contribution in [0.15, 0.2) is 0 Å². The van der Waals surface area contributed by atoms with E-state index >= 15 is 0 Å². The number of hydrogen-bond acceptors (Lipinski definition) is 2. The van der Waals surface area contributed by atoms with Crippen molar-refractivity contribution < 1.29 is 4.92 Å². The zero-order valence-corrected chi connectivity index (χ0v) is 12.3. The Morgan fingerprint density at radius 2 is 1.28 bits per heavy atom. The van der Waals surface area contributed by atoms with Crippen molar-refractivity contribution >= 4 is 0 Å². The molecule has 0 bridgehead atoms. The Morgan fingerprint density at radius 3 is 1.72 bits per heavy atom. The van der Waals surface area contributed by atoms with Gasteiger partial charge in [-0.25, -0.2) is 0 Å². The van der Waals surface area contributed by atoms with E-state index in [9.17, 15) is 10.1 Å². The molecule has 0 aromatic heterocycles. The van der Waals surface area contributed by atoms with Gasteiger partial charge in [-0.05, 0) is 12.8 Å². The lowest BCUT2D eigenvalue weighted by atomic mass is 10.0. The van der Waals surface area contributed by atoms with E-state index in [1.807, 2.05) is 6.92 Å². The monoisotopic (exact) mass is 257 g/mol. The standard InChI is InChI=1S/C15H31NO2/c1-3-5-6-7-8-9-10-11-12-14-15(13-4-2)16(17)18/h15H,3-14H2,1-2H3. The van der Waals surface area contributed by atoms with Gasteiger partial charge < -0.3 is 0 Å². The fraction of sp³-hybridized carbons (Fsp3) is 1.00. The van der Waals surface area contributed by atoms with E-state index in [1.54, 1.807) is 0 Å². The second-order valence-electron chi connectivity index (χ2n) is 5.34. The molecule has 0 amide bonds. The Balaban J connectivity index is 3.30. The van der Waals surface area contributed by atoms with E-state index in [4.69, 9.17) is 0 Å². The Labute approximate surface area is 113 Å². The molecule has 3 heteroatoms. The van der Waals surface area contributed by atoms with Crippen LogP contribution in [0.25, 0.3) is 0 Å². The highest BCUT2D eigenvalue weighted by molar-refractivity contribution is 4.57. The third-order valence-electron chi connectivity index (χ3n) is 3.56. The minimum atomic E-state index is -0.292. The van der Waals surface area contributed by atoms with Gasteiger partial charge in [-0.3, -0.25) is 10.1 Å². The molecule has 0 N–H and O–H groups in total. The number of rotatable bonds is 13. The first-order chi connectivity index (χ1) is 8.72. The Hall–Kier alpha value is -0.600. The third kappa shape index (κ3) is 10.5. The first-order valence-electron chi connectivity index (χ1n) is 7.85. The summed E-state index contributed by atoms with van der Waals surface area (Å²) in [5.41, 5.74) is 0. The Morgan fingerprint density at radius 1 is 0.778 bits per heavy atom. The van der Waals surface area contributed by atoms with Crippen LogP contribution in [0.5, 0.6) is 0 Å². The smallest absolute Gasteiger partial charge is 0.213 e. The largest absolute Gasteiger partial charge is 0.264 e. The van der Waals surface area contributed by atoms with Gasteiger partial charge in [0.2, 0.25) is 6.04 Å². The molecule has 0 aromatic carbocycles. The third-order valence-corrected chi connectivity index (χ3v) is 3.56. The summed E-state index contributed by atoms with van der Waals surface area (Å²) >= 11 is 0. The quantitative estimate of drug-likeness (QED) is 0.253. The summed E-state index contributed by atoms with van der Waals surface area (Å²) in [5, 5.41) is 10.8. The van der Waals surface area contributed by atoms with Gasteiger partial charge in [0.1, 0.15) is 0 Å². The fourth-order valence-corrected chi connectivity index (χ4v) is 2.38. The van der Waals surface area contributed by atoms with E-state index in [1.165, 1.54) is 51.4 Å². The number of nitrogens with zero attached hydrogens (tertiary/aromatic N) is 1. The minimum absolute atomic E-state index is 0.0890. The van der Waals surface area contributed by atoms with Crippen LogP contribution >= 0.6 is 0 Å². The molecule has 0 aliphatic heterocycles. The molecular weight excluding hydrogens is 226 g/mol. The maximum atomic E-state index is 10.8. The predicted octanol–water partition coefficient (Wildman–Crippen LogP) is 5.35. The molecule has 1 unspecified atom stereocenters. The van der Waals surface area contributed by atoms with Gasteiger partial charge in [0, 0.05) is 17.8 Å². The van der Waals surface area contributed by atoms with Gasteiger partial charge in [0.25, 0.3) is 0 Å². The first kappa shape index (κ1) is 17.4. The molecule has 0 aliphatic carbocycles. The van der Waals surface area contributed by atoms with E-state index in [2.05, 4.69) is 6.92 Å². The first-order valence-corrected chi connectivity index (χ1v) is 7.85. The van der Waals surface area contributed by atoms with Crippen LogP contribution in [0.1, 0.15) is 90.9 Å². The predicted molar refractivity (Wildman–Crippen MR) is 77.5 cm³/mol. The molecule has 0 aromatic rings. The summed E-state index contributed by atoms with van der Waals surface area (Å²) in [6.45, 7) is 4.26. The van der Waals surface area contributed by atoms with Crippen LogP contribution in [0, 0.1) is 10.1 Å². The van der Waals surface area contributed by atoms with E-state index in [-0.39, 0.29) is 11.0 Å². The van der Waals surface area contributed by atoms with Gasteiger partial charge in [-0.1, -0.05) is 65.2 Å². The summed E-state index contributed by atoms with van der Waals surface area (Å²) in [7, 11) is 0. The molecule has 0 radical (unpaired) electrons. The van der Waals surface area contributed by atoms with Crippen LogP contribution in [0.3, 0.4) is 0 Å². The van der Waals surface area contributed by atoms with Gasteiger partial charge in [0.15, 0.2) is 0 Å². The molecule has 1 atom stereocenters. The van der Waals surface area contributed by atoms with Crippen molar-refractivity contribution in [3.8, 4) is 0 Å². The molecule has 0 saturated heterocycles. The van der Waals surface area contributed by atoms with Gasteiger partial charge in [-0.15, -0.1) is 0 Å². The van der Waals surface area contributed by atoms with Crippen molar-refractivity contribution in [1.29, 1.82) is 0 Å². The van der Waals surface area contributed by atoms with Crippen LogP contribution < -0.4 is 0 Å². The van der Waals surface area contributed by atoms with Crippen molar-refractivity contribution in [2.75, 3.05) is 0 Å². The maximum absolute atomic E-state index is 10.8. The van der Waals surface area contributed by atoms with E-state index in [0.29, 0.717) is 0 Å². The molecule has 0 heterocycles. The second kappa shape index (κ2) is 12.8. The lowest BCUT2D eigenvalue weighted by Crippen LogP contribution is -2.18. The van der Waals surface area contributed by atoms with Crippen molar-refractivity contribution in [1.82, 2.24) is 0 Å². The van der Waals surface area contributed by atoms with Crippen LogP contribution in [0.2, 0.25) is 0 Å². The highest BCUT2D eigenvalue weighted by atomic mass is 16.6. The molecule has 3 nitrogen and oxygen atoms in total. The van der Waals surface area contributed by atoms with Crippen LogP contribution in [0.4, 0.5) is 0 Å². The molecule has 0 saturated carbocycles. The zero-order chi connectivity index (χ0) is 13.6. The topological polar surface area (TPSA) is 43.1 Å². The fourth-order valence-electron chi connectivity index (χ4n) is 2.38. The van der Waals surface area contributed by atoms with E-state index < -0.39 is 0 Å². The highest BCUT2D eigenvalue weighted by Gasteiger charge is 2.17. The minimum Gasteiger partial charge on any atom is -0.264 e. The summed E-state index contributed by atoms with van der Waals surface area (Å²) < 4.78 is 0. The SMILES string of the molecule is CCCCCCCCCCCC(CCC)[N+](=O)[O-]. The molecule has 108 valence electrons. The summed E-state index contributed by atoms with van der Waals surface area (Å²) in [6.07, 6.45) is 13.9. The molecule has 0 rings (SSSR count). The van der Waals surface area contributed by atoms with Crippen molar-refractivity contribution in [3.63, 3.8) is 0 Å². The number of unbranched alkanes of at least 4 members (excludes halogenated alkanes) is 8. The Kier molecular flexibility index (Phi) is 12.4. The van der Waals surface area contributed by atoms with Crippen LogP contribution in [-0.2, 0) is 0 Å². The van der Waals surface area contributed by atoms with Gasteiger partial charge in [-0.2, -0.15) is 0 Å². The number of hydrogen-bond donors (Lipinski definition) is 0. The zero-order valence-electron chi connectivity index (χ0n) is 12.3. The average molecular weight is 257 g/mol. The molecule has 0 fully saturated rings. The average Bonchev–Trinajstić information content (AvgIpc) is 2.35. The second-order valence-corrected chi connectivity index (χ2v) is 5.34. The van der Waals surface area contributed by atoms with Gasteiger partial charge in [0.05, 0.1) is 0 Å². The molecule has 0 aliphatic rings. The lowest BCUT2D eigenvalue weighted by Gasteiger charge is -2.07. The molecule has 18 heavy (non-hydrogen) atoms. The van der Waals surface area contributed by atoms with Crippen molar-refractivity contribution in [3.05, 3.63) is 10.1 Å². The van der Waals surface area contributed by atoms with Gasteiger partial charge >= 0.3 is 0 Å². The summed E-state index contributed by atoms with van der Waals surface area (Å²) in [4.78, 5) is 10.7.